The van der Waals surface area contributed by atoms with Crippen molar-refractivity contribution in [2.45, 2.75) is 209 Å². The van der Waals surface area contributed by atoms with E-state index < -0.39 is 17.2 Å². The standard InChI is InChI=1S/C26H47O3P.C20H43O3P/c1-24(2)18-12-7-5-9-16-22-27-30(29-26-20-14-11-15-21-26)28-23-17-10-6-8-13-19-25(3)4;1-19(2)15-11-7-5-9-13-17-22-24(21)23-18-14-10-6-8-12-16-20(3)4/h11,14-15,20-21,24-25H,5-10,12-13,16-19,22-23H2,1-4H3;19-21H,5-18H2,1-4H3. The van der Waals surface area contributed by atoms with Crippen LogP contribution in [-0.4, -0.2) is 31.3 Å². The summed E-state index contributed by atoms with van der Waals surface area (Å²) in [6.07, 6.45) is 30.2. The van der Waals surface area contributed by atoms with Gasteiger partial charge in [0.15, 0.2) is 0 Å². The molecule has 1 aromatic rings. The molecule has 0 saturated carbocycles. The zero-order valence-electron chi connectivity index (χ0n) is 36.9. The number of rotatable bonds is 38. The van der Waals surface area contributed by atoms with E-state index in [-0.39, 0.29) is 0 Å². The van der Waals surface area contributed by atoms with Crippen LogP contribution in [0, 0.1) is 23.7 Å². The van der Waals surface area contributed by atoms with Gasteiger partial charge in [-0.25, -0.2) is 0 Å². The molecule has 0 unspecified atom stereocenters. The summed E-state index contributed by atoms with van der Waals surface area (Å²) in [5, 5.41) is 0. The lowest BCUT2D eigenvalue weighted by molar-refractivity contribution is 0.193. The first-order valence-corrected chi connectivity index (χ1v) is 24.9. The highest BCUT2D eigenvalue weighted by molar-refractivity contribution is 7.42. The van der Waals surface area contributed by atoms with E-state index in [9.17, 15) is 4.89 Å². The topological polar surface area (TPSA) is 66.4 Å². The van der Waals surface area contributed by atoms with Crippen LogP contribution >= 0.6 is 17.2 Å². The molecule has 0 atom stereocenters. The number of hydrogen-bond donors (Lipinski definition) is 1. The fraction of sp³-hybridized carbons (Fsp3) is 0.870. The molecule has 0 saturated heterocycles. The maximum atomic E-state index is 9.67. The Bertz CT molecular complexity index is 809. The summed E-state index contributed by atoms with van der Waals surface area (Å²) in [5.74, 6) is 4.12. The van der Waals surface area contributed by atoms with Crippen LogP contribution in [0.1, 0.15) is 209 Å². The second-order valence-corrected chi connectivity index (χ2v) is 19.1. The zero-order valence-corrected chi connectivity index (χ0v) is 38.7. The van der Waals surface area contributed by atoms with E-state index in [0.717, 1.165) is 68.3 Å². The van der Waals surface area contributed by atoms with Crippen molar-refractivity contribution in [1.82, 2.24) is 0 Å². The molecule has 0 radical (unpaired) electrons. The first-order chi connectivity index (χ1) is 26.1. The molecular formula is C46H90O6P2. The van der Waals surface area contributed by atoms with Gasteiger partial charge in [0.05, 0.1) is 26.4 Å². The molecule has 54 heavy (non-hydrogen) atoms. The van der Waals surface area contributed by atoms with E-state index in [1.807, 2.05) is 30.3 Å². The summed E-state index contributed by atoms with van der Waals surface area (Å²) in [4.78, 5) is 9.67. The maximum Gasteiger partial charge on any atom is 0.397 e. The Labute approximate surface area is 339 Å². The van der Waals surface area contributed by atoms with Gasteiger partial charge in [0, 0.05) is 0 Å². The Hall–Kier alpha value is -0.320. The first kappa shape index (κ1) is 53.7. The molecule has 0 heterocycles. The van der Waals surface area contributed by atoms with Gasteiger partial charge >= 0.3 is 17.2 Å². The van der Waals surface area contributed by atoms with Gasteiger partial charge < -0.3 is 27.5 Å². The second kappa shape index (κ2) is 40.9. The third-order valence-corrected chi connectivity index (χ3v) is 11.4. The summed E-state index contributed by atoms with van der Waals surface area (Å²) in [7, 11) is -2.96. The predicted molar refractivity (Wildman–Crippen MR) is 237 cm³/mol. The number of unbranched alkanes of at least 4 members (excludes halogenated alkanes) is 16. The fourth-order valence-electron chi connectivity index (χ4n) is 6.00. The monoisotopic (exact) mass is 801 g/mol. The average Bonchev–Trinajstić information content (AvgIpc) is 3.12. The third-order valence-electron chi connectivity index (χ3n) is 9.42. The van der Waals surface area contributed by atoms with Gasteiger partial charge in [-0.15, -0.1) is 0 Å². The summed E-state index contributed by atoms with van der Waals surface area (Å²) in [6.45, 7) is 21.0. The molecule has 1 rings (SSSR count). The number of para-hydroxylation sites is 1. The molecule has 0 aliphatic rings. The van der Waals surface area contributed by atoms with Crippen LogP contribution in [0.4, 0.5) is 0 Å². The fourth-order valence-corrected chi connectivity index (χ4v) is 7.67. The van der Waals surface area contributed by atoms with E-state index in [0.29, 0.717) is 13.2 Å². The molecule has 0 fully saturated rings. The van der Waals surface area contributed by atoms with E-state index in [2.05, 4.69) is 55.4 Å². The summed E-state index contributed by atoms with van der Waals surface area (Å²) in [5.41, 5.74) is 0. The van der Waals surface area contributed by atoms with Gasteiger partial charge in [0.2, 0.25) is 0 Å². The van der Waals surface area contributed by atoms with Crippen molar-refractivity contribution in [2.24, 2.45) is 23.7 Å². The van der Waals surface area contributed by atoms with Crippen molar-refractivity contribution >= 4 is 17.2 Å². The quantitative estimate of drug-likeness (QED) is 0.0531. The zero-order chi connectivity index (χ0) is 39.9. The van der Waals surface area contributed by atoms with Crippen molar-refractivity contribution < 1.29 is 27.5 Å². The van der Waals surface area contributed by atoms with Gasteiger partial charge in [0.1, 0.15) is 5.75 Å². The van der Waals surface area contributed by atoms with Crippen LogP contribution in [0.25, 0.3) is 0 Å². The van der Waals surface area contributed by atoms with Crippen LogP contribution in [0.5, 0.6) is 5.75 Å². The Kier molecular flexibility index (Phi) is 40.6. The van der Waals surface area contributed by atoms with Gasteiger partial charge in [0.25, 0.3) is 0 Å². The van der Waals surface area contributed by atoms with Crippen molar-refractivity contribution in [1.29, 1.82) is 0 Å². The molecule has 0 spiro atoms. The van der Waals surface area contributed by atoms with Gasteiger partial charge in [-0.05, 0) is 61.5 Å². The predicted octanol–water partition coefficient (Wildman–Crippen LogP) is 16.6. The molecule has 0 aliphatic heterocycles. The lowest BCUT2D eigenvalue weighted by atomic mass is 10.0. The largest absolute Gasteiger partial charge is 0.427 e. The normalized spacial score (nSPS) is 11.8. The molecular weight excluding hydrogens is 710 g/mol. The second-order valence-electron chi connectivity index (χ2n) is 17.0. The highest BCUT2D eigenvalue weighted by Crippen LogP contribution is 2.41. The van der Waals surface area contributed by atoms with Crippen molar-refractivity contribution in [3.05, 3.63) is 30.3 Å². The highest BCUT2D eigenvalue weighted by atomic mass is 31.2. The molecule has 0 amide bonds. The molecule has 320 valence electrons. The van der Waals surface area contributed by atoms with Gasteiger partial charge in [-0.3, -0.25) is 0 Å². The van der Waals surface area contributed by atoms with Crippen LogP contribution in [0.3, 0.4) is 0 Å². The lowest BCUT2D eigenvalue weighted by Gasteiger charge is -2.17. The van der Waals surface area contributed by atoms with Crippen LogP contribution in [0.2, 0.25) is 0 Å². The van der Waals surface area contributed by atoms with Gasteiger partial charge in [-0.2, -0.15) is 0 Å². The Morgan fingerprint density at radius 3 is 0.981 bits per heavy atom. The maximum absolute atomic E-state index is 9.67. The first-order valence-electron chi connectivity index (χ1n) is 22.6. The minimum atomic E-state index is -1.65. The molecule has 6 nitrogen and oxygen atoms in total. The molecule has 0 bridgehead atoms. The number of hydrogen-bond acceptors (Lipinski definition) is 6. The van der Waals surface area contributed by atoms with Crippen molar-refractivity contribution in [2.75, 3.05) is 26.4 Å². The Balaban J connectivity index is 0.00000107. The number of benzene rings is 1. The third kappa shape index (κ3) is 42.8. The van der Waals surface area contributed by atoms with E-state index in [1.165, 1.54) is 128 Å². The molecule has 0 aromatic heterocycles. The SMILES string of the molecule is CC(C)CCCCCCCOP(O)OCCCCCCCC(C)C.CC(C)CCCCCCCOP(OCCCCCCCC(C)C)Oc1ccccc1. The van der Waals surface area contributed by atoms with Gasteiger partial charge in [-0.1, -0.05) is 202 Å². The van der Waals surface area contributed by atoms with Crippen molar-refractivity contribution in [3.63, 3.8) is 0 Å². The van der Waals surface area contributed by atoms with E-state index in [4.69, 9.17) is 22.6 Å². The van der Waals surface area contributed by atoms with E-state index in [1.54, 1.807) is 0 Å². The Morgan fingerprint density at radius 1 is 0.389 bits per heavy atom. The molecule has 8 heteroatoms. The van der Waals surface area contributed by atoms with Crippen LogP contribution in [-0.2, 0) is 18.1 Å². The molecule has 1 aromatic carbocycles. The minimum absolute atomic E-state index is 0.627. The van der Waals surface area contributed by atoms with Crippen LogP contribution < -0.4 is 4.52 Å². The molecule has 0 aliphatic carbocycles. The average molecular weight is 801 g/mol. The highest BCUT2D eigenvalue weighted by Gasteiger charge is 2.15. The lowest BCUT2D eigenvalue weighted by Crippen LogP contribution is -2.01. The molecule has 1 N–H and O–H groups in total. The summed E-state index contributed by atoms with van der Waals surface area (Å²) >= 11 is 0. The van der Waals surface area contributed by atoms with Crippen LogP contribution in [0.15, 0.2) is 30.3 Å². The summed E-state index contributed by atoms with van der Waals surface area (Å²) < 4.78 is 28.7. The Morgan fingerprint density at radius 2 is 0.667 bits per heavy atom. The smallest absolute Gasteiger partial charge is 0.397 e. The van der Waals surface area contributed by atoms with Crippen molar-refractivity contribution in [3.8, 4) is 5.75 Å². The summed E-state index contributed by atoms with van der Waals surface area (Å²) in [6, 6.07) is 9.89. The minimum Gasteiger partial charge on any atom is -0.427 e. The van der Waals surface area contributed by atoms with E-state index >= 15 is 0 Å².